The largest absolute Gasteiger partial charge is 0.486 e. The normalized spacial score (nSPS) is 22.3. The summed E-state index contributed by atoms with van der Waals surface area (Å²) in [4.78, 5) is 17.4. The molecule has 1 amide bonds. The van der Waals surface area contributed by atoms with Gasteiger partial charge in [0.15, 0.2) is 11.5 Å². The van der Waals surface area contributed by atoms with Crippen LogP contribution >= 0.6 is 24.0 Å². The van der Waals surface area contributed by atoms with E-state index in [-0.39, 0.29) is 5.91 Å². The Labute approximate surface area is 162 Å². The van der Waals surface area contributed by atoms with Crippen LogP contribution < -0.4 is 9.47 Å². The van der Waals surface area contributed by atoms with Crippen LogP contribution in [-0.4, -0.2) is 72.6 Å². The molecule has 0 N–H and O–H groups in total. The van der Waals surface area contributed by atoms with Gasteiger partial charge in [-0.15, -0.1) is 0 Å². The van der Waals surface area contributed by atoms with Crippen molar-refractivity contribution in [3.8, 4) is 11.5 Å². The van der Waals surface area contributed by atoms with Gasteiger partial charge in [0.1, 0.15) is 17.5 Å². The first-order valence-corrected chi connectivity index (χ1v) is 9.88. The predicted octanol–water partition coefficient (Wildman–Crippen LogP) is 1.99. The number of carbonyl (C=O) groups is 1. The lowest BCUT2D eigenvalue weighted by Crippen LogP contribution is -2.42. The molecule has 0 spiro atoms. The van der Waals surface area contributed by atoms with E-state index in [4.69, 9.17) is 26.4 Å². The Kier molecular flexibility index (Phi) is 5.44. The van der Waals surface area contributed by atoms with Gasteiger partial charge in [-0.2, -0.15) is 0 Å². The average molecular weight is 393 g/mol. The monoisotopic (exact) mass is 392 g/mol. The minimum atomic E-state index is -0.0249. The maximum Gasteiger partial charge on any atom is 0.266 e. The lowest BCUT2D eigenvalue weighted by atomic mass is 10.1. The first-order chi connectivity index (χ1) is 12.7. The molecule has 0 saturated carbocycles. The Morgan fingerprint density at radius 3 is 2.65 bits per heavy atom. The number of fused-ring (bicyclic) bond motifs is 1. The van der Waals surface area contributed by atoms with Crippen molar-refractivity contribution in [3.05, 3.63) is 28.7 Å². The minimum absolute atomic E-state index is 0.0249. The molecule has 26 heavy (non-hydrogen) atoms. The van der Waals surface area contributed by atoms with Crippen LogP contribution in [0.4, 0.5) is 0 Å². The molecule has 3 heterocycles. The lowest BCUT2D eigenvalue weighted by molar-refractivity contribution is -0.122. The molecular formula is C18H20N2O4S2. The Morgan fingerprint density at radius 2 is 1.85 bits per heavy atom. The van der Waals surface area contributed by atoms with Gasteiger partial charge in [-0.25, -0.2) is 0 Å². The SMILES string of the molecule is O=C1C(=Cc2ccc3c(c2)OCCO3)SC(=S)N1CCN1CCOCC1. The van der Waals surface area contributed by atoms with Gasteiger partial charge >= 0.3 is 0 Å². The molecule has 2 fully saturated rings. The molecule has 0 radical (unpaired) electrons. The van der Waals surface area contributed by atoms with E-state index >= 15 is 0 Å². The molecule has 4 rings (SSSR count). The molecule has 0 unspecified atom stereocenters. The van der Waals surface area contributed by atoms with Crippen LogP contribution in [0.15, 0.2) is 23.1 Å². The van der Waals surface area contributed by atoms with Crippen LogP contribution in [0.1, 0.15) is 5.56 Å². The molecular weight excluding hydrogens is 372 g/mol. The van der Waals surface area contributed by atoms with E-state index in [1.165, 1.54) is 11.8 Å². The summed E-state index contributed by atoms with van der Waals surface area (Å²) in [6.07, 6.45) is 1.87. The van der Waals surface area contributed by atoms with Crippen LogP contribution in [0, 0.1) is 0 Å². The highest BCUT2D eigenvalue weighted by Gasteiger charge is 2.32. The Bertz CT molecular complexity index is 747. The maximum atomic E-state index is 12.7. The van der Waals surface area contributed by atoms with Crippen LogP contribution in [0.25, 0.3) is 6.08 Å². The number of thiocarbonyl (C=S) groups is 1. The molecule has 3 aliphatic rings. The molecule has 3 aliphatic heterocycles. The zero-order chi connectivity index (χ0) is 17.9. The van der Waals surface area contributed by atoms with Crippen molar-refractivity contribution in [2.24, 2.45) is 0 Å². The number of morpholine rings is 1. The van der Waals surface area contributed by atoms with E-state index in [1.807, 2.05) is 24.3 Å². The fourth-order valence-electron chi connectivity index (χ4n) is 3.06. The number of benzene rings is 1. The highest BCUT2D eigenvalue weighted by molar-refractivity contribution is 8.26. The molecule has 8 heteroatoms. The molecule has 2 saturated heterocycles. The van der Waals surface area contributed by atoms with Gasteiger partial charge in [0.2, 0.25) is 0 Å². The maximum absolute atomic E-state index is 12.7. The van der Waals surface area contributed by atoms with Crippen molar-refractivity contribution >= 4 is 40.3 Å². The highest BCUT2D eigenvalue weighted by Crippen LogP contribution is 2.35. The predicted molar refractivity (Wildman–Crippen MR) is 105 cm³/mol. The van der Waals surface area contributed by atoms with Gasteiger partial charge in [-0.05, 0) is 23.8 Å². The van der Waals surface area contributed by atoms with Crippen molar-refractivity contribution < 1.29 is 19.0 Å². The van der Waals surface area contributed by atoms with Crippen molar-refractivity contribution in [2.75, 3.05) is 52.6 Å². The zero-order valence-electron chi connectivity index (χ0n) is 14.3. The lowest BCUT2D eigenvalue weighted by Gasteiger charge is -2.28. The Hall–Kier alpha value is -1.61. The number of nitrogens with zero attached hydrogens (tertiary/aromatic N) is 2. The number of carbonyl (C=O) groups excluding carboxylic acids is 1. The average Bonchev–Trinajstić information content (AvgIpc) is 2.94. The number of hydrogen-bond acceptors (Lipinski definition) is 7. The molecule has 1 aromatic carbocycles. The van der Waals surface area contributed by atoms with E-state index in [0.717, 1.165) is 44.2 Å². The standard InChI is InChI=1S/C18H20N2O4S2/c21-17-16(12-13-1-2-14-15(11-13)24-10-9-23-14)26-18(25)20(17)4-3-19-5-7-22-8-6-19/h1-2,11-12H,3-10H2. The third-order valence-electron chi connectivity index (χ3n) is 4.48. The van der Waals surface area contributed by atoms with E-state index in [9.17, 15) is 4.79 Å². The number of rotatable bonds is 4. The molecule has 0 aromatic heterocycles. The van der Waals surface area contributed by atoms with Crippen LogP contribution in [0.2, 0.25) is 0 Å². The van der Waals surface area contributed by atoms with Gasteiger partial charge in [0.25, 0.3) is 5.91 Å². The van der Waals surface area contributed by atoms with Crippen LogP contribution in [0.3, 0.4) is 0 Å². The summed E-state index contributed by atoms with van der Waals surface area (Å²) in [7, 11) is 0. The fraction of sp³-hybridized carbons (Fsp3) is 0.444. The van der Waals surface area contributed by atoms with Crippen molar-refractivity contribution in [1.29, 1.82) is 0 Å². The smallest absolute Gasteiger partial charge is 0.266 e. The van der Waals surface area contributed by atoms with E-state index in [2.05, 4.69) is 4.90 Å². The topological polar surface area (TPSA) is 51.2 Å². The third kappa shape index (κ3) is 3.88. The van der Waals surface area contributed by atoms with Crippen molar-refractivity contribution in [2.45, 2.75) is 0 Å². The summed E-state index contributed by atoms with van der Waals surface area (Å²) in [6, 6.07) is 5.70. The van der Waals surface area contributed by atoms with Crippen molar-refractivity contribution in [3.63, 3.8) is 0 Å². The number of thioether (sulfide) groups is 1. The van der Waals surface area contributed by atoms with Crippen LogP contribution in [0.5, 0.6) is 11.5 Å². The molecule has 6 nitrogen and oxygen atoms in total. The molecule has 1 aromatic rings. The van der Waals surface area contributed by atoms with Gasteiger partial charge in [-0.1, -0.05) is 30.0 Å². The van der Waals surface area contributed by atoms with Crippen LogP contribution in [-0.2, 0) is 9.53 Å². The van der Waals surface area contributed by atoms with E-state index in [0.29, 0.717) is 34.7 Å². The second kappa shape index (κ2) is 7.96. The summed E-state index contributed by atoms with van der Waals surface area (Å²) in [5, 5.41) is 0. The minimum Gasteiger partial charge on any atom is -0.486 e. The first kappa shape index (κ1) is 17.8. The van der Waals surface area contributed by atoms with Gasteiger partial charge in [-0.3, -0.25) is 14.6 Å². The molecule has 0 atom stereocenters. The van der Waals surface area contributed by atoms with Gasteiger partial charge in [0.05, 0.1) is 18.1 Å². The summed E-state index contributed by atoms with van der Waals surface area (Å²) >= 11 is 6.77. The second-order valence-corrected chi connectivity index (χ2v) is 7.87. The van der Waals surface area contributed by atoms with Gasteiger partial charge in [0, 0.05) is 26.2 Å². The summed E-state index contributed by atoms with van der Waals surface area (Å²) in [5.74, 6) is 1.43. The summed E-state index contributed by atoms with van der Waals surface area (Å²) in [5.41, 5.74) is 0.905. The van der Waals surface area contributed by atoms with Crippen molar-refractivity contribution in [1.82, 2.24) is 9.80 Å². The fourth-order valence-corrected chi connectivity index (χ4v) is 4.37. The zero-order valence-corrected chi connectivity index (χ0v) is 15.9. The number of amides is 1. The third-order valence-corrected chi connectivity index (χ3v) is 5.86. The summed E-state index contributed by atoms with van der Waals surface area (Å²) < 4.78 is 17.1. The quantitative estimate of drug-likeness (QED) is 0.574. The highest BCUT2D eigenvalue weighted by atomic mass is 32.2. The number of ether oxygens (including phenoxy) is 3. The Morgan fingerprint density at radius 1 is 1.08 bits per heavy atom. The number of hydrogen-bond donors (Lipinski definition) is 0. The Balaban J connectivity index is 1.43. The first-order valence-electron chi connectivity index (χ1n) is 8.66. The van der Waals surface area contributed by atoms with E-state index < -0.39 is 0 Å². The second-order valence-electron chi connectivity index (χ2n) is 6.19. The van der Waals surface area contributed by atoms with E-state index in [1.54, 1.807) is 4.90 Å². The molecule has 138 valence electrons. The summed E-state index contributed by atoms with van der Waals surface area (Å²) in [6.45, 7) is 5.85. The van der Waals surface area contributed by atoms with Gasteiger partial charge < -0.3 is 14.2 Å². The molecule has 0 aliphatic carbocycles. The molecule has 0 bridgehead atoms.